The highest BCUT2D eigenvalue weighted by atomic mass is 127. The highest BCUT2D eigenvalue weighted by Gasteiger charge is 1.98. The fourth-order valence-corrected chi connectivity index (χ4v) is 1.37. The number of hydrogen-bond donors (Lipinski definition) is 2. The minimum atomic E-state index is 0. The molecule has 0 bridgehead atoms. The van der Waals surface area contributed by atoms with Crippen LogP contribution in [0, 0.1) is 5.92 Å². The third-order valence-corrected chi connectivity index (χ3v) is 2.43. The Labute approximate surface area is 132 Å². The van der Waals surface area contributed by atoms with Crippen molar-refractivity contribution in [2.24, 2.45) is 16.6 Å². The molecule has 0 unspecified atom stereocenters. The van der Waals surface area contributed by atoms with Crippen LogP contribution in [-0.2, 0) is 6.54 Å². The standard InChI is InChI=1S/C13H22N4O.HI/c1-10(2)7-8-15-13(14)16-9-11-5-4-6-12(17-11)18-3;/h4-6,10H,7-9H2,1-3H3,(H3,14,15,16);1H. The lowest BCUT2D eigenvalue weighted by atomic mass is 10.1. The first-order valence-corrected chi connectivity index (χ1v) is 6.15. The van der Waals surface area contributed by atoms with E-state index in [1.54, 1.807) is 13.2 Å². The van der Waals surface area contributed by atoms with Crippen LogP contribution in [0.3, 0.4) is 0 Å². The van der Waals surface area contributed by atoms with Gasteiger partial charge >= 0.3 is 0 Å². The van der Waals surface area contributed by atoms with Gasteiger partial charge in [-0.3, -0.25) is 0 Å². The number of methoxy groups -OCH3 is 1. The van der Waals surface area contributed by atoms with Crippen LogP contribution in [-0.4, -0.2) is 24.6 Å². The van der Waals surface area contributed by atoms with Gasteiger partial charge in [-0.2, -0.15) is 0 Å². The van der Waals surface area contributed by atoms with Crippen molar-refractivity contribution in [2.45, 2.75) is 26.8 Å². The molecular formula is C13H23IN4O. The molecule has 0 aliphatic carbocycles. The molecule has 19 heavy (non-hydrogen) atoms. The molecule has 0 amide bonds. The molecule has 1 aromatic heterocycles. The first kappa shape index (κ1) is 17.9. The number of ether oxygens (including phenoxy) is 1. The van der Waals surface area contributed by atoms with Gasteiger partial charge in [0.1, 0.15) is 0 Å². The summed E-state index contributed by atoms with van der Waals surface area (Å²) in [7, 11) is 1.59. The summed E-state index contributed by atoms with van der Waals surface area (Å²) in [6, 6.07) is 5.59. The summed E-state index contributed by atoms with van der Waals surface area (Å²) in [6.07, 6.45) is 1.08. The molecule has 0 saturated heterocycles. The average molecular weight is 378 g/mol. The van der Waals surface area contributed by atoms with Crippen molar-refractivity contribution in [1.29, 1.82) is 0 Å². The van der Waals surface area contributed by atoms with Gasteiger partial charge in [0.25, 0.3) is 0 Å². The quantitative estimate of drug-likeness (QED) is 0.452. The number of aromatic nitrogens is 1. The Morgan fingerprint density at radius 3 is 2.84 bits per heavy atom. The molecular weight excluding hydrogens is 355 g/mol. The molecule has 6 heteroatoms. The third-order valence-electron chi connectivity index (χ3n) is 2.43. The van der Waals surface area contributed by atoms with Gasteiger partial charge < -0.3 is 15.8 Å². The van der Waals surface area contributed by atoms with E-state index < -0.39 is 0 Å². The van der Waals surface area contributed by atoms with Crippen LogP contribution in [0.2, 0.25) is 0 Å². The average Bonchev–Trinajstić information content (AvgIpc) is 2.36. The molecule has 1 rings (SSSR count). The minimum Gasteiger partial charge on any atom is -0.481 e. The van der Waals surface area contributed by atoms with Crippen molar-refractivity contribution in [2.75, 3.05) is 13.7 Å². The molecule has 0 aromatic carbocycles. The van der Waals surface area contributed by atoms with Crippen LogP contribution in [0.25, 0.3) is 0 Å². The Kier molecular flexibility index (Phi) is 9.28. The lowest BCUT2D eigenvalue weighted by Crippen LogP contribution is -2.32. The predicted molar refractivity (Wildman–Crippen MR) is 89.0 cm³/mol. The van der Waals surface area contributed by atoms with E-state index in [-0.39, 0.29) is 24.0 Å². The number of hydrogen-bond acceptors (Lipinski definition) is 3. The van der Waals surface area contributed by atoms with Gasteiger partial charge in [0.2, 0.25) is 5.88 Å². The van der Waals surface area contributed by atoms with E-state index in [0.29, 0.717) is 24.3 Å². The largest absolute Gasteiger partial charge is 0.481 e. The second-order valence-electron chi connectivity index (χ2n) is 4.48. The molecule has 0 saturated carbocycles. The van der Waals surface area contributed by atoms with Crippen LogP contribution in [0.1, 0.15) is 26.0 Å². The number of nitrogens with zero attached hydrogens (tertiary/aromatic N) is 2. The smallest absolute Gasteiger partial charge is 0.213 e. The predicted octanol–water partition coefficient (Wildman–Crippen LogP) is 2.16. The zero-order valence-electron chi connectivity index (χ0n) is 11.7. The second-order valence-corrected chi connectivity index (χ2v) is 4.48. The van der Waals surface area contributed by atoms with E-state index in [4.69, 9.17) is 10.5 Å². The highest BCUT2D eigenvalue weighted by Crippen LogP contribution is 2.07. The van der Waals surface area contributed by atoms with Crippen molar-refractivity contribution in [1.82, 2.24) is 10.3 Å². The van der Waals surface area contributed by atoms with E-state index in [2.05, 4.69) is 29.1 Å². The number of guanidine groups is 1. The fourth-order valence-electron chi connectivity index (χ4n) is 1.37. The summed E-state index contributed by atoms with van der Waals surface area (Å²) in [4.78, 5) is 8.49. The molecule has 0 aliphatic rings. The molecule has 0 spiro atoms. The van der Waals surface area contributed by atoms with E-state index in [1.165, 1.54) is 0 Å². The molecule has 0 radical (unpaired) electrons. The summed E-state index contributed by atoms with van der Waals surface area (Å²) in [5, 5.41) is 3.08. The van der Waals surface area contributed by atoms with Crippen molar-refractivity contribution >= 4 is 29.9 Å². The SMILES string of the molecule is COc1cccc(CN=C(N)NCCC(C)C)n1.I. The number of nitrogens with two attached hydrogens (primary N) is 1. The normalized spacial score (nSPS) is 11.1. The molecule has 3 N–H and O–H groups in total. The summed E-state index contributed by atoms with van der Waals surface area (Å²) >= 11 is 0. The third kappa shape index (κ3) is 7.86. The second kappa shape index (κ2) is 9.82. The van der Waals surface area contributed by atoms with Gasteiger partial charge in [0, 0.05) is 12.6 Å². The van der Waals surface area contributed by atoms with Crippen LogP contribution in [0.4, 0.5) is 0 Å². The zero-order chi connectivity index (χ0) is 13.4. The molecule has 0 aliphatic heterocycles. The van der Waals surface area contributed by atoms with Crippen molar-refractivity contribution in [3.63, 3.8) is 0 Å². The topological polar surface area (TPSA) is 72.5 Å². The Morgan fingerprint density at radius 2 is 2.21 bits per heavy atom. The van der Waals surface area contributed by atoms with Gasteiger partial charge in [-0.25, -0.2) is 9.98 Å². The Bertz CT molecular complexity index is 396. The van der Waals surface area contributed by atoms with Gasteiger partial charge in [-0.1, -0.05) is 19.9 Å². The number of rotatable bonds is 6. The zero-order valence-corrected chi connectivity index (χ0v) is 14.0. The lowest BCUT2D eigenvalue weighted by molar-refractivity contribution is 0.396. The van der Waals surface area contributed by atoms with E-state index >= 15 is 0 Å². The van der Waals surface area contributed by atoms with E-state index in [0.717, 1.165) is 18.7 Å². The highest BCUT2D eigenvalue weighted by molar-refractivity contribution is 14.0. The number of pyridine rings is 1. The first-order chi connectivity index (χ1) is 8.61. The molecule has 1 heterocycles. The number of nitrogens with one attached hydrogen (secondary N) is 1. The molecule has 0 fully saturated rings. The minimum absolute atomic E-state index is 0. The van der Waals surface area contributed by atoms with Gasteiger partial charge in [-0.15, -0.1) is 24.0 Å². The molecule has 0 atom stereocenters. The van der Waals surface area contributed by atoms with Crippen LogP contribution >= 0.6 is 24.0 Å². The van der Waals surface area contributed by atoms with Gasteiger partial charge in [0.05, 0.1) is 19.3 Å². The van der Waals surface area contributed by atoms with Crippen LogP contribution in [0.5, 0.6) is 5.88 Å². The summed E-state index contributed by atoms with van der Waals surface area (Å²) < 4.78 is 5.05. The maximum Gasteiger partial charge on any atom is 0.213 e. The molecule has 5 nitrogen and oxygen atoms in total. The van der Waals surface area contributed by atoms with Gasteiger partial charge in [0.15, 0.2) is 5.96 Å². The summed E-state index contributed by atoms with van der Waals surface area (Å²) in [5.74, 6) is 1.71. The maximum absolute atomic E-state index is 5.76. The summed E-state index contributed by atoms with van der Waals surface area (Å²) in [5.41, 5.74) is 6.59. The molecule has 108 valence electrons. The monoisotopic (exact) mass is 378 g/mol. The lowest BCUT2D eigenvalue weighted by Gasteiger charge is -2.07. The number of halogens is 1. The van der Waals surface area contributed by atoms with Crippen molar-refractivity contribution in [3.05, 3.63) is 23.9 Å². The Morgan fingerprint density at radius 1 is 1.47 bits per heavy atom. The Balaban J connectivity index is 0.00000324. The van der Waals surface area contributed by atoms with Crippen molar-refractivity contribution in [3.8, 4) is 5.88 Å². The summed E-state index contributed by atoms with van der Waals surface area (Å²) in [6.45, 7) is 5.65. The van der Waals surface area contributed by atoms with Crippen LogP contribution < -0.4 is 15.8 Å². The first-order valence-electron chi connectivity index (χ1n) is 6.15. The number of aliphatic imine (C=N–C) groups is 1. The van der Waals surface area contributed by atoms with Gasteiger partial charge in [-0.05, 0) is 18.4 Å². The van der Waals surface area contributed by atoms with E-state index in [9.17, 15) is 0 Å². The van der Waals surface area contributed by atoms with Crippen LogP contribution in [0.15, 0.2) is 23.2 Å². The molecule has 1 aromatic rings. The van der Waals surface area contributed by atoms with Crippen molar-refractivity contribution < 1.29 is 4.74 Å². The fraction of sp³-hybridized carbons (Fsp3) is 0.538. The Hall–Kier alpha value is -1.05. The maximum atomic E-state index is 5.76. The van der Waals surface area contributed by atoms with E-state index in [1.807, 2.05) is 12.1 Å².